The van der Waals surface area contributed by atoms with Gasteiger partial charge in [-0.25, -0.2) is 0 Å². The SMILES string of the molecule is Cc1ccccc1-c1cc2c3c(c1)-n1c4c(cccc4c4sc5ccccc5c41)B3N(c1ccc(-c3ccccc3)cc1)c1cc3cc(-c4ccc5c(c4)sc4c5c5cccc6c5n4-c4cc(-c5c(C)cccc5C)cc5c4B6N(c4ccc(-c6ccccc6)cc4)c4cc6ccccc6cc4-5)ccc3cc1-2. The number of rotatable bonds is 7. The van der Waals surface area contributed by atoms with Gasteiger partial charge in [-0.05, 0) is 239 Å². The van der Waals surface area contributed by atoms with Crippen molar-refractivity contribution < 1.29 is 0 Å². The number of aromatic nitrogens is 2. The lowest BCUT2D eigenvalue weighted by Gasteiger charge is -2.42. The molecule has 0 fully saturated rings. The molecule has 8 heterocycles. The Labute approximate surface area is 627 Å². The van der Waals surface area contributed by atoms with Gasteiger partial charge in [-0.1, -0.05) is 231 Å². The molecule has 0 spiro atoms. The fourth-order valence-corrected chi connectivity index (χ4v) is 22.0. The maximum atomic E-state index is 2.69. The molecule has 0 radical (unpaired) electrons. The van der Waals surface area contributed by atoms with Crippen molar-refractivity contribution in [3.05, 3.63) is 338 Å². The number of thiophene rings is 2. The molecule has 8 heteroatoms. The van der Waals surface area contributed by atoms with Crippen LogP contribution in [0.5, 0.6) is 0 Å². The molecule has 4 aliphatic heterocycles. The number of hydrogen-bond acceptors (Lipinski definition) is 4. The van der Waals surface area contributed by atoms with E-state index >= 15 is 0 Å². The Balaban J connectivity index is 0.706. The van der Waals surface area contributed by atoms with Crippen molar-refractivity contribution in [2.75, 3.05) is 9.62 Å². The van der Waals surface area contributed by atoms with Gasteiger partial charge in [0.15, 0.2) is 0 Å². The van der Waals surface area contributed by atoms with Crippen LogP contribution >= 0.6 is 22.7 Å². The van der Waals surface area contributed by atoms with Gasteiger partial charge in [0.25, 0.3) is 0 Å². The summed E-state index contributed by atoms with van der Waals surface area (Å²) in [6.07, 6.45) is 0. The topological polar surface area (TPSA) is 16.3 Å². The van der Waals surface area contributed by atoms with E-state index in [2.05, 4.69) is 361 Å². The summed E-state index contributed by atoms with van der Waals surface area (Å²) in [6, 6.07) is 123. The molecule has 0 saturated carbocycles. The van der Waals surface area contributed by atoms with Crippen molar-refractivity contribution in [1.29, 1.82) is 0 Å². The van der Waals surface area contributed by atoms with Gasteiger partial charge in [0.05, 0.1) is 21.3 Å². The van der Waals surface area contributed by atoms with E-state index in [0.717, 1.165) is 5.69 Å². The summed E-state index contributed by atoms with van der Waals surface area (Å²) in [5.41, 5.74) is 37.6. The average molecular weight is 1390 g/mol. The monoisotopic (exact) mass is 1390 g/mol. The Morgan fingerprint density at radius 1 is 0.271 bits per heavy atom. The van der Waals surface area contributed by atoms with Gasteiger partial charge in [0.1, 0.15) is 4.83 Å². The van der Waals surface area contributed by atoms with E-state index in [4.69, 9.17) is 0 Å². The van der Waals surface area contributed by atoms with E-state index < -0.39 is 0 Å². The Morgan fingerprint density at radius 2 is 0.776 bits per heavy atom. The lowest BCUT2D eigenvalue weighted by Crippen LogP contribution is -2.60. The average Bonchev–Trinajstić information content (AvgIpc) is 1.60. The van der Waals surface area contributed by atoms with Crippen LogP contribution in [-0.2, 0) is 0 Å². The first-order valence-electron chi connectivity index (χ1n) is 37.2. The number of aryl methyl sites for hydroxylation is 3. The number of hydrogen-bond donors (Lipinski definition) is 0. The van der Waals surface area contributed by atoms with Gasteiger partial charge in [0.2, 0.25) is 0 Å². The Hall–Kier alpha value is -12.7. The Morgan fingerprint density at radius 3 is 1.46 bits per heavy atom. The van der Waals surface area contributed by atoms with Crippen LogP contribution in [0.1, 0.15) is 16.7 Å². The maximum Gasteiger partial charge on any atom is 0.333 e. The molecule has 0 atom stereocenters. The fourth-order valence-electron chi connectivity index (χ4n) is 19.5. The second-order valence-corrected chi connectivity index (χ2v) is 32.0. The maximum absolute atomic E-state index is 2.69. The van der Waals surface area contributed by atoms with Crippen molar-refractivity contribution in [2.45, 2.75) is 20.8 Å². The number of para-hydroxylation sites is 2. The van der Waals surface area contributed by atoms with Crippen LogP contribution in [0, 0.1) is 20.8 Å². The molecule has 4 aromatic heterocycles. The quantitative estimate of drug-likeness (QED) is 0.148. The number of nitrogens with zero attached hydrogens (tertiary/aromatic N) is 4. The first-order valence-corrected chi connectivity index (χ1v) is 38.9. The second-order valence-electron chi connectivity index (χ2n) is 29.9. The van der Waals surface area contributed by atoms with Crippen molar-refractivity contribution in [3.8, 4) is 89.3 Å². The molecular formula is C99H62B2N4S2. The standard InChI is InChI=1S/C99H62B2N4S2/c1-57-19-10-13-28-74(57)70-50-81-80-49-67-36-35-66(47-69(67)53-86(80)105(73-44-39-63(40-45-73)61-24-8-5-9-25-61)101-84-33-18-31-78-96(84)102(87(54-70)93(81)101)97-76-29-14-15-34-89(76)106-98(78)97)68-41-46-75-90(56-68)107-99-92(75)77-30-17-32-83-95(77)103(99)88-55-71(91-58(2)20-16-21-59(91)3)51-82-79-48-64-26-11-12-27-65(64)52-85(79)104(100(83)94(82)88)72-42-37-62(38-43-72)60-22-6-4-7-23-60/h4-56H,1-3H3. The van der Waals surface area contributed by atoms with Gasteiger partial charge < -0.3 is 18.8 Å². The molecular weight excluding hydrogens is 1330 g/mol. The molecule has 16 aromatic carbocycles. The van der Waals surface area contributed by atoms with Crippen LogP contribution in [0.4, 0.5) is 22.7 Å². The zero-order valence-electron chi connectivity index (χ0n) is 58.9. The van der Waals surface area contributed by atoms with E-state index in [1.807, 2.05) is 22.7 Å². The summed E-state index contributed by atoms with van der Waals surface area (Å²) in [5.74, 6) is 0. The first-order chi connectivity index (χ1) is 52.8. The predicted molar refractivity (Wildman–Crippen MR) is 460 cm³/mol. The summed E-state index contributed by atoms with van der Waals surface area (Å²) in [5, 5.41) is 11.4. The molecule has 4 aliphatic rings. The third-order valence-corrected chi connectivity index (χ3v) is 26.5. The summed E-state index contributed by atoms with van der Waals surface area (Å²) < 4.78 is 9.26. The van der Waals surface area contributed by atoms with Crippen molar-refractivity contribution >= 4 is 165 Å². The smallest absolute Gasteiger partial charge is 0.333 e. The molecule has 0 N–H and O–H groups in total. The van der Waals surface area contributed by atoms with E-state index in [9.17, 15) is 0 Å². The number of anilines is 4. The molecule has 0 aliphatic carbocycles. The molecule has 20 aromatic rings. The third-order valence-electron chi connectivity index (χ3n) is 24.2. The van der Waals surface area contributed by atoms with E-state index in [1.165, 1.54) is 229 Å². The number of benzene rings is 16. The van der Waals surface area contributed by atoms with Crippen LogP contribution < -0.4 is 31.5 Å². The van der Waals surface area contributed by atoms with Crippen molar-refractivity contribution in [2.24, 2.45) is 0 Å². The zero-order chi connectivity index (χ0) is 70.2. The predicted octanol–water partition coefficient (Wildman–Crippen LogP) is 24.4. The highest BCUT2D eigenvalue weighted by atomic mass is 32.1. The van der Waals surface area contributed by atoms with Gasteiger partial charge in [-0.15, -0.1) is 22.7 Å². The summed E-state index contributed by atoms with van der Waals surface area (Å²) in [7, 11) is 0. The largest absolute Gasteiger partial charge is 0.376 e. The highest BCUT2D eigenvalue weighted by Crippen LogP contribution is 2.53. The molecule has 107 heavy (non-hydrogen) atoms. The third kappa shape index (κ3) is 8.40. The van der Waals surface area contributed by atoms with Crippen LogP contribution in [0.2, 0.25) is 0 Å². The first kappa shape index (κ1) is 59.7. The van der Waals surface area contributed by atoms with Crippen LogP contribution in [0.15, 0.2) is 322 Å². The highest BCUT2D eigenvalue weighted by molar-refractivity contribution is 7.27. The molecule has 0 saturated heterocycles. The van der Waals surface area contributed by atoms with Crippen LogP contribution in [-0.4, -0.2) is 22.8 Å². The lowest BCUT2D eigenvalue weighted by atomic mass is 9.44. The zero-order valence-corrected chi connectivity index (χ0v) is 60.5. The highest BCUT2D eigenvalue weighted by Gasteiger charge is 2.47. The molecule has 0 amide bonds. The van der Waals surface area contributed by atoms with Gasteiger partial charge in [-0.3, -0.25) is 0 Å². The lowest BCUT2D eigenvalue weighted by molar-refractivity contribution is 1.19. The van der Waals surface area contributed by atoms with Crippen LogP contribution in [0.3, 0.4) is 0 Å². The minimum Gasteiger partial charge on any atom is -0.376 e. The fraction of sp³-hybridized carbons (Fsp3) is 0.0303. The van der Waals surface area contributed by atoms with Crippen LogP contribution in [0.25, 0.3) is 173 Å². The van der Waals surface area contributed by atoms with E-state index in [0.29, 0.717) is 0 Å². The minimum atomic E-state index is -0.129. The Kier molecular flexibility index (Phi) is 12.4. The molecule has 496 valence electrons. The molecule has 24 rings (SSSR count). The molecule has 0 bridgehead atoms. The summed E-state index contributed by atoms with van der Waals surface area (Å²) in [6.45, 7) is 6.57. The van der Waals surface area contributed by atoms with E-state index in [-0.39, 0.29) is 13.7 Å². The van der Waals surface area contributed by atoms with Gasteiger partial charge >= 0.3 is 13.7 Å². The minimum absolute atomic E-state index is 0.113. The molecule has 0 unspecified atom stereocenters. The van der Waals surface area contributed by atoms with Gasteiger partial charge in [0, 0.05) is 81.6 Å². The number of fused-ring (bicyclic) bond motifs is 20. The van der Waals surface area contributed by atoms with Gasteiger partial charge in [-0.2, -0.15) is 0 Å². The summed E-state index contributed by atoms with van der Waals surface area (Å²) in [4.78, 5) is 6.63. The summed E-state index contributed by atoms with van der Waals surface area (Å²) >= 11 is 3.86. The van der Waals surface area contributed by atoms with Crippen molar-refractivity contribution in [3.63, 3.8) is 0 Å². The van der Waals surface area contributed by atoms with E-state index in [1.54, 1.807) is 0 Å². The molecule has 4 nitrogen and oxygen atoms in total. The Bertz CT molecular complexity index is 7280. The second kappa shape index (κ2) is 22.2. The van der Waals surface area contributed by atoms with Crippen molar-refractivity contribution in [1.82, 2.24) is 9.13 Å². The normalized spacial score (nSPS) is 13.1.